The number of thiophene rings is 1. The molecule has 0 aliphatic rings. The fourth-order valence-corrected chi connectivity index (χ4v) is 3.13. The summed E-state index contributed by atoms with van der Waals surface area (Å²) < 4.78 is 32.2. The number of halogens is 2. The Morgan fingerprint density at radius 3 is 2.54 bits per heavy atom. The Balaban J connectivity index is 1.60. The van der Waals surface area contributed by atoms with E-state index >= 15 is 0 Å². The lowest BCUT2D eigenvalue weighted by molar-refractivity contribution is 0.103. The van der Waals surface area contributed by atoms with Crippen LogP contribution < -0.4 is 10.1 Å². The maximum Gasteiger partial charge on any atom is 0.265 e. The van der Waals surface area contributed by atoms with E-state index in [9.17, 15) is 13.6 Å². The zero-order chi connectivity index (χ0) is 18.5. The summed E-state index contributed by atoms with van der Waals surface area (Å²) in [5.74, 6) is -1.19. The first-order valence-electron chi connectivity index (χ1n) is 8.10. The monoisotopic (exact) mass is 373 g/mol. The molecule has 2 aromatic carbocycles. The molecule has 134 valence electrons. The van der Waals surface area contributed by atoms with Crippen LogP contribution in [0, 0.1) is 11.6 Å². The zero-order valence-electron chi connectivity index (χ0n) is 14.1. The third-order valence-electron chi connectivity index (χ3n) is 3.79. The molecule has 0 fully saturated rings. The van der Waals surface area contributed by atoms with Gasteiger partial charge in [0.1, 0.15) is 24.0 Å². The van der Waals surface area contributed by atoms with Crippen molar-refractivity contribution in [3.05, 3.63) is 81.5 Å². The molecule has 6 heteroatoms. The van der Waals surface area contributed by atoms with Crippen LogP contribution in [0.1, 0.15) is 27.7 Å². The van der Waals surface area contributed by atoms with E-state index in [1.165, 1.54) is 23.0 Å². The predicted octanol–water partition coefficient (Wildman–Crippen LogP) is 5.42. The van der Waals surface area contributed by atoms with Crippen LogP contribution in [-0.2, 0) is 13.0 Å². The molecule has 3 nitrogen and oxygen atoms in total. The molecule has 0 aliphatic heterocycles. The highest BCUT2D eigenvalue weighted by Crippen LogP contribution is 2.21. The highest BCUT2D eigenvalue weighted by atomic mass is 32.1. The molecule has 1 heterocycles. The molecule has 1 aromatic heterocycles. The lowest BCUT2D eigenvalue weighted by atomic mass is 10.2. The fourth-order valence-electron chi connectivity index (χ4n) is 2.33. The van der Waals surface area contributed by atoms with Gasteiger partial charge in [-0.1, -0.05) is 19.1 Å². The Kier molecular flexibility index (Phi) is 5.63. The Hall–Kier alpha value is -2.73. The van der Waals surface area contributed by atoms with Crippen molar-refractivity contribution in [1.29, 1.82) is 0 Å². The molecular weight excluding hydrogens is 356 g/mol. The van der Waals surface area contributed by atoms with E-state index in [1.807, 2.05) is 29.6 Å². The van der Waals surface area contributed by atoms with Crippen molar-refractivity contribution >= 4 is 22.9 Å². The first-order valence-corrected chi connectivity index (χ1v) is 8.98. The van der Waals surface area contributed by atoms with Gasteiger partial charge in [0.05, 0.1) is 10.6 Å². The first-order chi connectivity index (χ1) is 12.5. The number of ether oxygens (including phenoxy) is 1. The second-order valence-corrected chi connectivity index (χ2v) is 6.59. The third-order valence-corrected chi connectivity index (χ3v) is 4.77. The van der Waals surface area contributed by atoms with Gasteiger partial charge in [0.25, 0.3) is 5.91 Å². The maximum atomic E-state index is 13.6. The van der Waals surface area contributed by atoms with E-state index in [0.717, 1.165) is 29.9 Å². The number of anilines is 1. The van der Waals surface area contributed by atoms with Crippen LogP contribution in [0.5, 0.6) is 5.75 Å². The number of hydrogen-bond acceptors (Lipinski definition) is 3. The van der Waals surface area contributed by atoms with Crippen LogP contribution in [0.15, 0.2) is 53.9 Å². The van der Waals surface area contributed by atoms with Gasteiger partial charge in [-0.05, 0) is 47.7 Å². The second kappa shape index (κ2) is 8.10. The summed E-state index contributed by atoms with van der Waals surface area (Å²) in [6.45, 7) is 2.42. The van der Waals surface area contributed by atoms with Crippen molar-refractivity contribution < 1.29 is 18.3 Å². The number of nitrogens with one attached hydrogen (secondary N) is 1. The van der Waals surface area contributed by atoms with Gasteiger partial charge < -0.3 is 10.1 Å². The van der Waals surface area contributed by atoms with Gasteiger partial charge in [0, 0.05) is 11.6 Å². The lowest BCUT2D eigenvalue weighted by Gasteiger charge is -2.06. The van der Waals surface area contributed by atoms with Crippen molar-refractivity contribution in [1.82, 2.24) is 0 Å². The molecule has 1 amide bonds. The summed E-state index contributed by atoms with van der Waals surface area (Å²) in [5.41, 5.74) is 2.03. The molecule has 0 aliphatic carbocycles. The van der Waals surface area contributed by atoms with Crippen LogP contribution in [0.3, 0.4) is 0 Å². The van der Waals surface area contributed by atoms with E-state index in [0.29, 0.717) is 11.5 Å². The summed E-state index contributed by atoms with van der Waals surface area (Å²) >= 11 is 1.24. The van der Waals surface area contributed by atoms with Gasteiger partial charge in [0.2, 0.25) is 0 Å². The van der Waals surface area contributed by atoms with Crippen molar-refractivity contribution in [2.45, 2.75) is 20.0 Å². The highest BCUT2D eigenvalue weighted by Gasteiger charge is 2.12. The van der Waals surface area contributed by atoms with Crippen molar-refractivity contribution in [3.63, 3.8) is 0 Å². The van der Waals surface area contributed by atoms with E-state index in [-0.39, 0.29) is 5.69 Å². The van der Waals surface area contributed by atoms with Crippen LogP contribution in [0.4, 0.5) is 14.5 Å². The SMILES string of the molecule is CCc1ccc(OCc2csc(C(=O)Nc3ccc(F)cc3F)c2)cc1. The molecule has 0 bridgehead atoms. The molecular formula is C20H17F2NO2S. The summed E-state index contributed by atoms with van der Waals surface area (Å²) in [7, 11) is 0. The Bertz CT molecular complexity index is 906. The number of carbonyl (C=O) groups is 1. The third kappa shape index (κ3) is 4.46. The normalized spacial score (nSPS) is 10.6. The number of hydrogen-bond donors (Lipinski definition) is 1. The van der Waals surface area contributed by atoms with Gasteiger partial charge in [-0.3, -0.25) is 4.79 Å². The topological polar surface area (TPSA) is 38.3 Å². The van der Waals surface area contributed by atoms with Gasteiger partial charge in [-0.25, -0.2) is 8.78 Å². The molecule has 0 saturated carbocycles. The molecule has 1 N–H and O–H groups in total. The van der Waals surface area contributed by atoms with Crippen LogP contribution in [0.25, 0.3) is 0 Å². The van der Waals surface area contributed by atoms with Gasteiger partial charge in [-0.15, -0.1) is 11.3 Å². The van der Waals surface area contributed by atoms with Crippen LogP contribution in [-0.4, -0.2) is 5.91 Å². The average molecular weight is 373 g/mol. The number of carbonyl (C=O) groups excluding carboxylic acids is 1. The maximum absolute atomic E-state index is 13.6. The zero-order valence-corrected chi connectivity index (χ0v) is 14.9. The van der Waals surface area contributed by atoms with Gasteiger partial charge >= 0.3 is 0 Å². The van der Waals surface area contributed by atoms with Crippen molar-refractivity contribution in [2.75, 3.05) is 5.32 Å². The molecule has 26 heavy (non-hydrogen) atoms. The minimum Gasteiger partial charge on any atom is -0.489 e. The molecule has 3 rings (SSSR count). The molecule has 0 atom stereocenters. The Labute approximate surface area is 154 Å². The van der Waals surface area contributed by atoms with Crippen molar-refractivity contribution in [2.24, 2.45) is 0 Å². The van der Waals surface area contributed by atoms with Crippen LogP contribution in [0.2, 0.25) is 0 Å². The minimum atomic E-state index is -0.811. The smallest absolute Gasteiger partial charge is 0.265 e. The molecule has 0 spiro atoms. The highest BCUT2D eigenvalue weighted by molar-refractivity contribution is 7.12. The Morgan fingerprint density at radius 2 is 1.85 bits per heavy atom. The summed E-state index contributed by atoms with van der Waals surface area (Å²) in [6.07, 6.45) is 0.970. The molecule has 3 aromatic rings. The van der Waals surface area contributed by atoms with E-state index < -0.39 is 17.5 Å². The fraction of sp³-hybridized carbons (Fsp3) is 0.150. The molecule has 0 unspecified atom stereocenters. The predicted molar refractivity (Wildman–Crippen MR) is 98.8 cm³/mol. The molecule has 0 saturated heterocycles. The Morgan fingerprint density at radius 1 is 1.08 bits per heavy atom. The van der Waals surface area contributed by atoms with Crippen LogP contribution >= 0.6 is 11.3 Å². The average Bonchev–Trinajstić information content (AvgIpc) is 3.12. The summed E-state index contributed by atoms with van der Waals surface area (Å²) in [6, 6.07) is 12.6. The number of amides is 1. The minimum absolute atomic E-state index is 0.0568. The van der Waals surface area contributed by atoms with Gasteiger partial charge in [0.15, 0.2) is 0 Å². The quantitative estimate of drug-likeness (QED) is 0.626. The molecule has 0 radical (unpaired) electrons. The van der Waals surface area contributed by atoms with E-state index in [2.05, 4.69) is 12.2 Å². The number of aryl methyl sites for hydroxylation is 1. The van der Waals surface area contributed by atoms with Crippen molar-refractivity contribution in [3.8, 4) is 5.75 Å². The van der Waals surface area contributed by atoms with E-state index in [4.69, 9.17) is 4.74 Å². The largest absolute Gasteiger partial charge is 0.489 e. The lowest BCUT2D eigenvalue weighted by Crippen LogP contribution is -2.11. The van der Waals surface area contributed by atoms with E-state index in [1.54, 1.807) is 6.07 Å². The number of rotatable bonds is 6. The first kappa shape index (κ1) is 18.1. The summed E-state index contributed by atoms with van der Waals surface area (Å²) in [4.78, 5) is 12.6. The summed E-state index contributed by atoms with van der Waals surface area (Å²) in [5, 5.41) is 4.26. The second-order valence-electron chi connectivity index (χ2n) is 5.68. The van der Waals surface area contributed by atoms with Gasteiger partial charge in [-0.2, -0.15) is 0 Å². The standard InChI is InChI=1S/C20H17F2NO2S/c1-2-13-3-6-16(7-4-13)25-11-14-9-19(26-12-14)20(24)23-18-8-5-15(21)10-17(18)22/h3-10,12H,2,11H2,1H3,(H,23,24). The number of benzene rings is 2.